The second-order valence-corrected chi connectivity index (χ2v) is 5.35. The number of rotatable bonds is 2. The number of H-pyrrole nitrogens is 1. The highest BCUT2D eigenvalue weighted by Gasteiger charge is 2.30. The summed E-state index contributed by atoms with van der Waals surface area (Å²) in [5.41, 5.74) is 3.42. The first kappa shape index (κ1) is 12.2. The molecule has 0 aliphatic carbocycles. The second-order valence-electron chi connectivity index (χ2n) is 5.35. The molecular formula is C16H15N3O2. The van der Waals surface area contributed by atoms with Crippen molar-refractivity contribution in [2.75, 3.05) is 6.54 Å². The number of hydrogen-bond donors (Lipinski definition) is 1. The Morgan fingerprint density at radius 2 is 2.24 bits per heavy atom. The number of hydrogen-bond acceptors (Lipinski definition) is 3. The summed E-state index contributed by atoms with van der Waals surface area (Å²) in [6.45, 7) is 3.17. The highest BCUT2D eigenvalue weighted by molar-refractivity contribution is 6.07. The van der Waals surface area contributed by atoms with Crippen LogP contribution in [-0.2, 0) is 13.0 Å². The second kappa shape index (κ2) is 4.48. The molecule has 3 aromatic rings. The number of fused-ring (bicyclic) bond motifs is 3. The van der Waals surface area contributed by atoms with Gasteiger partial charge in [-0.25, -0.2) is 4.98 Å². The lowest BCUT2D eigenvalue weighted by molar-refractivity contribution is 0.0720. The average Bonchev–Trinajstić information content (AvgIpc) is 3.06. The van der Waals surface area contributed by atoms with Gasteiger partial charge in [0.05, 0.1) is 24.1 Å². The van der Waals surface area contributed by atoms with E-state index >= 15 is 0 Å². The lowest BCUT2D eigenvalue weighted by atomic mass is 10.0. The molecule has 0 unspecified atom stereocenters. The van der Waals surface area contributed by atoms with Crippen LogP contribution in [0.5, 0.6) is 0 Å². The van der Waals surface area contributed by atoms with Crippen LogP contribution in [0.15, 0.2) is 35.0 Å². The van der Waals surface area contributed by atoms with Crippen molar-refractivity contribution >= 4 is 16.9 Å². The Morgan fingerprint density at radius 1 is 1.38 bits per heavy atom. The standard InChI is InChI=1S/C16H15N3O2/c1-10-12(18-9-17-10)8-19-7-6-14-15(16(19)20)11-4-2-3-5-13(11)21-14/h2-5,9H,6-8H2,1H3,(H,17,18). The number of aromatic nitrogens is 2. The molecule has 5 heteroatoms. The summed E-state index contributed by atoms with van der Waals surface area (Å²) in [6.07, 6.45) is 2.41. The van der Waals surface area contributed by atoms with Gasteiger partial charge in [-0.2, -0.15) is 0 Å². The molecule has 0 fully saturated rings. The third-order valence-corrected chi connectivity index (χ3v) is 4.05. The number of furan rings is 1. The number of imidazole rings is 1. The minimum atomic E-state index is 0.0311. The number of aryl methyl sites for hydroxylation is 1. The predicted molar refractivity (Wildman–Crippen MR) is 78.0 cm³/mol. The van der Waals surface area contributed by atoms with Gasteiger partial charge in [-0.3, -0.25) is 4.79 Å². The summed E-state index contributed by atoms with van der Waals surface area (Å²) >= 11 is 0. The quantitative estimate of drug-likeness (QED) is 0.785. The van der Waals surface area contributed by atoms with Gasteiger partial charge < -0.3 is 14.3 Å². The van der Waals surface area contributed by atoms with Gasteiger partial charge in [0.15, 0.2) is 0 Å². The van der Waals surface area contributed by atoms with Gasteiger partial charge in [0.25, 0.3) is 5.91 Å². The van der Waals surface area contributed by atoms with Crippen LogP contribution in [0.1, 0.15) is 27.5 Å². The smallest absolute Gasteiger partial charge is 0.258 e. The molecule has 0 saturated heterocycles. The fourth-order valence-electron chi connectivity index (χ4n) is 2.88. The van der Waals surface area contributed by atoms with Gasteiger partial charge in [-0.15, -0.1) is 0 Å². The summed E-state index contributed by atoms with van der Waals surface area (Å²) in [7, 11) is 0. The van der Waals surface area contributed by atoms with Crippen molar-refractivity contribution in [3.05, 3.63) is 53.3 Å². The van der Waals surface area contributed by atoms with Crippen LogP contribution in [0.3, 0.4) is 0 Å². The third kappa shape index (κ3) is 1.85. The van der Waals surface area contributed by atoms with Gasteiger partial charge in [-0.05, 0) is 13.0 Å². The van der Waals surface area contributed by atoms with E-state index in [1.165, 1.54) is 0 Å². The Morgan fingerprint density at radius 3 is 3.05 bits per heavy atom. The van der Waals surface area contributed by atoms with E-state index in [9.17, 15) is 4.79 Å². The van der Waals surface area contributed by atoms with Gasteiger partial charge in [-0.1, -0.05) is 18.2 Å². The molecule has 0 radical (unpaired) electrons. The van der Waals surface area contributed by atoms with Crippen molar-refractivity contribution in [3.8, 4) is 0 Å². The Hall–Kier alpha value is -2.56. The maximum Gasteiger partial charge on any atom is 0.258 e. The molecule has 106 valence electrons. The van der Waals surface area contributed by atoms with E-state index in [1.54, 1.807) is 6.33 Å². The first-order chi connectivity index (χ1) is 10.2. The van der Waals surface area contributed by atoms with Gasteiger partial charge in [0.2, 0.25) is 0 Å². The number of aromatic amines is 1. The van der Waals surface area contributed by atoms with Crippen LogP contribution < -0.4 is 0 Å². The number of nitrogens with zero attached hydrogens (tertiary/aromatic N) is 2. The third-order valence-electron chi connectivity index (χ3n) is 4.05. The molecule has 5 nitrogen and oxygen atoms in total. The average molecular weight is 281 g/mol. The van der Waals surface area contributed by atoms with Crippen molar-refractivity contribution < 1.29 is 9.21 Å². The summed E-state index contributed by atoms with van der Waals surface area (Å²) in [5, 5.41) is 0.904. The van der Waals surface area contributed by atoms with Gasteiger partial charge >= 0.3 is 0 Å². The maximum absolute atomic E-state index is 12.8. The Kier molecular flexibility index (Phi) is 2.60. The predicted octanol–water partition coefficient (Wildman–Crippen LogP) is 2.66. The summed E-state index contributed by atoms with van der Waals surface area (Å²) in [4.78, 5) is 21.9. The lowest BCUT2D eigenvalue weighted by Crippen LogP contribution is -2.36. The molecule has 1 aliphatic heterocycles. The maximum atomic E-state index is 12.8. The molecule has 3 heterocycles. The van der Waals surface area contributed by atoms with E-state index in [2.05, 4.69) is 9.97 Å². The summed E-state index contributed by atoms with van der Waals surface area (Å²) < 4.78 is 5.80. The van der Waals surface area contributed by atoms with Crippen LogP contribution >= 0.6 is 0 Å². The molecule has 4 rings (SSSR count). The van der Waals surface area contributed by atoms with Crippen LogP contribution in [0.4, 0.5) is 0 Å². The van der Waals surface area contributed by atoms with E-state index in [0.717, 1.165) is 34.5 Å². The van der Waals surface area contributed by atoms with Crippen LogP contribution in [0, 0.1) is 6.92 Å². The Balaban J connectivity index is 1.73. The highest BCUT2D eigenvalue weighted by Crippen LogP contribution is 2.30. The zero-order chi connectivity index (χ0) is 14.4. The first-order valence-corrected chi connectivity index (χ1v) is 7.02. The van der Waals surface area contributed by atoms with Crippen molar-refractivity contribution in [1.29, 1.82) is 0 Å². The molecule has 1 aliphatic rings. The number of nitrogens with one attached hydrogen (secondary N) is 1. The van der Waals surface area contributed by atoms with E-state index < -0.39 is 0 Å². The lowest BCUT2D eigenvalue weighted by Gasteiger charge is -2.25. The fraction of sp³-hybridized carbons (Fsp3) is 0.250. The number of carbonyl (C=O) groups excluding carboxylic acids is 1. The zero-order valence-corrected chi connectivity index (χ0v) is 11.7. The largest absolute Gasteiger partial charge is 0.460 e. The van der Waals surface area contributed by atoms with Crippen molar-refractivity contribution in [2.24, 2.45) is 0 Å². The summed E-state index contributed by atoms with van der Waals surface area (Å²) in [5.74, 6) is 0.833. The van der Waals surface area contributed by atoms with Crippen molar-refractivity contribution in [2.45, 2.75) is 19.9 Å². The van der Waals surface area contributed by atoms with Crippen LogP contribution in [0.25, 0.3) is 11.0 Å². The molecule has 0 bridgehead atoms. The van der Waals surface area contributed by atoms with E-state index in [0.29, 0.717) is 18.7 Å². The van der Waals surface area contributed by atoms with Crippen molar-refractivity contribution in [3.63, 3.8) is 0 Å². The molecule has 1 N–H and O–H groups in total. The fourth-order valence-corrected chi connectivity index (χ4v) is 2.88. The summed E-state index contributed by atoms with van der Waals surface area (Å²) in [6, 6.07) is 7.71. The number of para-hydroxylation sites is 1. The van der Waals surface area contributed by atoms with Gasteiger partial charge in [0, 0.05) is 24.0 Å². The highest BCUT2D eigenvalue weighted by atomic mass is 16.3. The molecule has 21 heavy (non-hydrogen) atoms. The number of carbonyl (C=O) groups is 1. The normalized spacial score (nSPS) is 14.7. The van der Waals surface area contributed by atoms with E-state index in [1.807, 2.05) is 36.1 Å². The zero-order valence-electron chi connectivity index (χ0n) is 11.7. The van der Waals surface area contributed by atoms with E-state index in [-0.39, 0.29) is 5.91 Å². The molecule has 1 aromatic carbocycles. The Labute approximate surface area is 121 Å². The number of benzene rings is 1. The molecule has 2 aromatic heterocycles. The minimum Gasteiger partial charge on any atom is -0.460 e. The molecule has 0 spiro atoms. The SMILES string of the molecule is Cc1[nH]cnc1CN1CCc2oc3ccccc3c2C1=O. The molecular weight excluding hydrogens is 266 g/mol. The van der Waals surface area contributed by atoms with Crippen LogP contribution in [-0.4, -0.2) is 27.3 Å². The molecule has 1 amide bonds. The first-order valence-electron chi connectivity index (χ1n) is 7.02. The molecule has 0 atom stereocenters. The molecule has 0 saturated carbocycles. The monoisotopic (exact) mass is 281 g/mol. The number of amides is 1. The Bertz CT molecular complexity index is 831. The topological polar surface area (TPSA) is 62.1 Å². The van der Waals surface area contributed by atoms with Gasteiger partial charge in [0.1, 0.15) is 11.3 Å². The van der Waals surface area contributed by atoms with Crippen molar-refractivity contribution in [1.82, 2.24) is 14.9 Å². The van der Waals surface area contributed by atoms with E-state index in [4.69, 9.17) is 4.42 Å². The van der Waals surface area contributed by atoms with Crippen LogP contribution in [0.2, 0.25) is 0 Å². The minimum absolute atomic E-state index is 0.0311.